The maximum absolute atomic E-state index is 13.2. The van der Waals surface area contributed by atoms with E-state index >= 15 is 0 Å². The lowest BCUT2D eigenvalue weighted by Gasteiger charge is -2.34. The minimum Gasteiger partial charge on any atom is -0.493 e. The van der Waals surface area contributed by atoms with Crippen molar-refractivity contribution >= 4 is 40.8 Å². The van der Waals surface area contributed by atoms with E-state index < -0.39 is 6.04 Å². The molecule has 1 atom stereocenters. The SMILES string of the molecule is C=C(C(=O)N1CCCCC1C(=O)OCC)c1ccc(Sc2ccccc2OCC)c(Cl)c1. The molecule has 0 N–H and O–H groups in total. The molecule has 1 unspecified atom stereocenters. The van der Waals surface area contributed by atoms with Gasteiger partial charge in [-0.25, -0.2) is 4.79 Å². The fourth-order valence-electron chi connectivity index (χ4n) is 3.65. The van der Waals surface area contributed by atoms with Crippen LogP contribution < -0.4 is 4.74 Å². The molecule has 32 heavy (non-hydrogen) atoms. The van der Waals surface area contributed by atoms with Crippen molar-refractivity contribution in [2.24, 2.45) is 0 Å². The number of rotatable bonds is 8. The van der Waals surface area contributed by atoms with Gasteiger partial charge in [0, 0.05) is 17.0 Å². The Morgan fingerprint density at radius 1 is 1.12 bits per heavy atom. The molecule has 1 aliphatic heterocycles. The molecule has 1 fully saturated rings. The zero-order chi connectivity index (χ0) is 23.1. The van der Waals surface area contributed by atoms with Gasteiger partial charge < -0.3 is 14.4 Å². The fourth-order valence-corrected chi connectivity index (χ4v) is 4.85. The van der Waals surface area contributed by atoms with Crippen molar-refractivity contribution in [2.45, 2.75) is 48.9 Å². The average Bonchev–Trinajstić information content (AvgIpc) is 2.81. The third-order valence-corrected chi connectivity index (χ3v) is 6.79. The number of carbonyl (C=O) groups excluding carboxylic acids is 2. The number of carbonyl (C=O) groups is 2. The Kier molecular flexibility index (Phi) is 8.65. The molecule has 0 spiro atoms. The first-order chi connectivity index (χ1) is 15.5. The molecule has 1 saturated heterocycles. The Morgan fingerprint density at radius 2 is 1.91 bits per heavy atom. The lowest BCUT2D eigenvalue weighted by molar-refractivity contribution is -0.154. The Morgan fingerprint density at radius 3 is 2.62 bits per heavy atom. The molecule has 1 aliphatic rings. The molecule has 5 nitrogen and oxygen atoms in total. The van der Waals surface area contributed by atoms with E-state index in [1.807, 2.05) is 43.3 Å². The van der Waals surface area contributed by atoms with Crippen molar-refractivity contribution in [3.05, 3.63) is 59.6 Å². The number of ether oxygens (including phenoxy) is 2. The Labute approximate surface area is 198 Å². The van der Waals surface area contributed by atoms with Crippen LogP contribution >= 0.6 is 23.4 Å². The molecule has 0 aromatic heterocycles. The molecule has 170 valence electrons. The van der Waals surface area contributed by atoms with Gasteiger partial charge in [0.1, 0.15) is 11.8 Å². The highest BCUT2D eigenvalue weighted by atomic mass is 35.5. The van der Waals surface area contributed by atoms with E-state index in [4.69, 9.17) is 21.1 Å². The first kappa shape index (κ1) is 24.2. The van der Waals surface area contributed by atoms with E-state index in [0.717, 1.165) is 28.4 Å². The minimum atomic E-state index is -0.562. The van der Waals surface area contributed by atoms with Crippen LogP contribution in [0.5, 0.6) is 5.75 Å². The van der Waals surface area contributed by atoms with Crippen molar-refractivity contribution in [1.82, 2.24) is 4.90 Å². The lowest BCUT2D eigenvalue weighted by Crippen LogP contribution is -2.48. The fraction of sp³-hybridized carbons (Fsp3) is 0.360. The molecule has 7 heteroatoms. The van der Waals surface area contributed by atoms with E-state index in [2.05, 4.69) is 6.58 Å². The predicted molar refractivity (Wildman–Crippen MR) is 128 cm³/mol. The third kappa shape index (κ3) is 5.67. The van der Waals surface area contributed by atoms with Gasteiger partial charge in [-0.05, 0) is 62.9 Å². The molecule has 1 heterocycles. The van der Waals surface area contributed by atoms with Crippen LogP contribution in [0.15, 0.2) is 58.8 Å². The number of likely N-dealkylation sites (tertiary alicyclic amines) is 1. The number of para-hydroxylation sites is 1. The Hall–Kier alpha value is -2.44. The van der Waals surface area contributed by atoms with Gasteiger partial charge in [-0.1, -0.05) is 48.1 Å². The number of benzene rings is 2. The van der Waals surface area contributed by atoms with E-state index in [-0.39, 0.29) is 11.9 Å². The summed E-state index contributed by atoms with van der Waals surface area (Å²) in [5, 5.41) is 0.522. The summed E-state index contributed by atoms with van der Waals surface area (Å²) >= 11 is 8.07. The maximum Gasteiger partial charge on any atom is 0.328 e. The van der Waals surface area contributed by atoms with E-state index in [9.17, 15) is 9.59 Å². The predicted octanol–water partition coefficient (Wildman–Crippen LogP) is 5.85. The third-order valence-electron chi connectivity index (χ3n) is 5.23. The van der Waals surface area contributed by atoms with Crippen LogP contribution in [0.2, 0.25) is 5.02 Å². The molecule has 0 saturated carbocycles. The molecule has 2 aromatic carbocycles. The van der Waals surface area contributed by atoms with Crippen LogP contribution in [-0.4, -0.2) is 42.6 Å². The molecule has 1 amide bonds. The molecule has 0 radical (unpaired) electrons. The number of amides is 1. The summed E-state index contributed by atoms with van der Waals surface area (Å²) in [6.07, 6.45) is 2.35. The Bertz CT molecular complexity index is 994. The largest absolute Gasteiger partial charge is 0.493 e. The number of hydrogen-bond acceptors (Lipinski definition) is 5. The van der Waals surface area contributed by atoms with Crippen LogP contribution in [0.4, 0.5) is 0 Å². The summed E-state index contributed by atoms with van der Waals surface area (Å²) in [4.78, 5) is 28.9. The zero-order valence-electron chi connectivity index (χ0n) is 18.4. The quantitative estimate of drug-likeness (QED) is 0.355. The maximum atomic E-state index is 13.2. The number of hydrogen-bond donors (Lipinski definition) is 0. The van der Waals surface area contributed by atoms with Crippen molar-refractivity contribution in [3.63, 3.8) is 0 Å². The van der Waals surface area contributed by atoms with Crippen LogP contribution in [0.25, 0.3) is 5.57 Å². The van der Waals surface area contributed by atoms with Crippen LogP contribution in [0.1, 0.15) is 38.7 Å². The lowest BCUT2D eigenvalue weighted by atomic mass is 9.99. The van der Waals surface area contributed by atoms with E-state index in [1.165, 1.54) is 11.8 Å². The second-order valence-electron chi connectivity index (χ2n) is 7.37. The number of piperidine rings is 1. The molecular formula is C25H28ClNO4S. The smallest absolute Gasteiger partial charge is 0.328 e. The van der Waals surface area contributed by atoms with Crippen LogP contribution in [0.3, 0.4) is 0 Å². The molecule has 0 bridgehead atoms. The molecule has 2 aromatic rings. The van der Waals surface area contributed by atoms with Crippen LogP contribution in [0, 0.1) is 0 Å². The van der Waals surface area contributed by atoms with E-state index in [0.29, 0.717) is 42.3 Å². The second kappa shape index (κ2) is 11.4. The molecule has 0 aliphatic carbocycles. The summed E-state index contributed by atoms with van der Waals surface area (Å²) in [6.45, 7) is 9.09. The van der Waals surface area contributed by atoms with Crippen molar-refractivity contribution in [1.29, 1.82) is 0 Å². The highest BCUT2D eigenvalue weighted by Gasteiger charge is 2.34. The minimum absolute atomic E-state index is 0.263. The summed E-state index contributed by atoms with van der Waals surface area (Å²) < 4.78 is 10.9. The van der Waals surface area contributed by atoms with Gasteiger partial charge in [0.05, 0.1) is 23.1 Å². The van der Waals surface area contributed by atoms with Gasteiger partial charge in [0.2, 0.25) is 0 Å². The highest BCUT2D eigenvalue weighted by molar-refractivity contribution is 7.99. The summed E-state index contributed by atoms with van der Waals surface area (Å²) in [7, 11) is 0. The standard InChI is InChI=1S/C25H28ClNO4S/c1-4-30-21-11-6-7-12-23(21)32-22-14-13-18(16-19(22)26)17(3)24(28)27-15-9-8-10-20(27)25(29)31-5-2/h6-7,11-14,16,20H,3-5,8-10,15H2,1-2H3. The first-order valence-electron chi connectivity index (χ1n) is 10.8. The monoisotopic (exact) mass is 473 g/mol. The van der Waals surface area contributed by atoms with Crippen molar-refractivity contribution < 1.29 is 19.1 Å². The van der Waals surface area contributed by atoms with Gasteiger partial charge in [0.15, 0.2) is 0 Å². The second-order valence-corrected chi connectivity index (χ2v) is 8.86. The van der Waals surface area contributed by atoms with Crippen molar-refractivity contribution in [3.8, 4) is 5.75 Å². The van der Waals surface area contributed by atoms with Gasteiger partial charge in [-0.15, -0.1) is 0 Å². The topological polar surface area (TPSA) is 55.8 Å². The number of nitrogens with zero attached hydrogens (tertiary/aromatic N) is 1. The molecular weight excluding hydrogens is 446 g/mol. The Balaban J connectivity index is 1.77. The number of halogens is 1. The average molecular weight is 474 g/mol. The highest BCUT2D eigenvalue weighted by Crippen LogP contribution is 2.39. The zero-order valence-corrected chi connectivity index (χ0v) is 20.0. The number of esters is 1. The first-order valence-corrected chi connectivity index (χ1v) is 12.0. The van der Waals surface area contributed by atoms with Gasteiger partial charge >= 0.3 is 5.97 Å². The van der Waals surface area contributed by atoms with Gasteiger partial charge in [-0.3, -0.25) is 4.79 Å². The summed E-state index contributed by atoms with van der Waals surface area (Å²) in [6, 6.07) is 12.7. The van der Waals surface area contributed by atoms with Gasteiger partial charge in [-0.2, -0.15) is 0 Å². The van der Waals surface area contributed by atoms with E-state index in [1.54, 1.807) is 17.9 Å². The summed E-state index contributed by atoms with van der Waals surface area (Å²) in [5.74, 6) is 0.182. The van der Waals surface area contributed by atoms with Crippen molar-refractivity contribution in [2.75, 3.05) is 19.8 Å². The normalized spacial score (nSPS) is 15.8. The summed E-state index contributed by atoms with van der Waals surface area (Å²) in [5.41, 5.74) is 0.949. The molecule has 3 rings (SSSR count). The van der Waals surface area contributed by atoms with Crippen LogP contribution in [-0.2, 0) is 14.3 Å². The van der Waals surface area contributed by atoms with Gasteiger partial charge in [0.25, 0.3) is 5.91 Å².